The summed E-state index contributed by atoms with van der Waals surface area (Å²) in [4.78, 5) is 3.41. The normalized spacial score (nSPS) is 12.9. The van der Waals surface area contributed by atoms with E-state index >= 15 is 0 Å². The second-order valence-corrected chi connectivity index (χ2v) is 6.28. The molecule has 0 aliphatic heterocycles. The van der Waals surface area contributed by atoms with E-state index in [1.165, 1.54) is 10.4 Å². The second-order valence-electron chi connectivity index (χ2n) is 4.46. The zero-order valence-electron chi connectivity index (χ0n) is 10.6. The van der Waals surface area contributed by atoms with Crippen molar-refractivity contribution in [1.82, 2.24) is 4.90 Å². The van der Waals surface area contributed by atoms with E-state index in [1.54, 1.807) is 11.3 Å². The first-order chi connectivity index (χ1) is 9.10. The van der Waals surface area contributed by atoms with Gasteiger partial charge in [-0.2, -0.15) is 0 Å². The Balaban J connectivity index is 2.11. The van der Waals surface area contributed by atoms with Crippen LogP contribution < -0.4 is 5.73 Å². The molecular weight excluding hydrogens is 299 g/mol. The SMILES string of the molecule is CN(Cc1cccc(Cl)c1)C(CN)c1cc(Cl)cs1. The molecule has 0 amide bonds. The predicted molar refractivity (Wildman–Crippen MR) is 84.0 cm³/mol. The van der Waals surface area contributed by atoms with Crippen LogP contribution in [0.15, 0.2) is 35.7 Å². The molecular formula is C14H16Cl2N2S. The van der Waals surface area contributed by atoms with Crippen LogP contribution in [0.2, 0.25) is 10.0 Å². The highest BCUT2D eigenvalue weighted by Crippen LogP contribution is 2.29. The highest BCUT2D eigenvalue weighted by molar-refractivity contribution is 7.10. The number of nitrogens with zero attached hydrogens (tertiary/aromatic N) is 1. The molecule has 0 radical (unpaired) electrons. The fourth-order valence-corrected chi connectivity index (χ4v) is 3.52. The number of halogens is 2. The molecule has 1 heterocycles. The van der Waals surface area contributed by atoms with Crippen LogP contribution in [0.25, 0.3) is 0 Å². The van der Waals surface area contributed by atoms with E-state index in [0.717, 1.165) is 16.6 Å². The Hall–Kier alpha value is -0.580. The average Bonchev–Trinajstić information content (AvgIpc) is 2.76. The summed E-state index contributed by atoms with van der Waals surface area (Å²) in [5.74, 6) is 0. The lowest BCUT2D eigenvalue weighted by Gasteiger charge is -2.26. The Morgan fingerprint density at radius 3 is 2.63 bits per heavy atom. The van der Waals surface area contributed by atoms with E-state index in [2.05, 4.69) is 18.0 Å². The highest BCUT2D eigenvalue weighted by Gasteiger charge is 2.17. The van der Waals surface area contributed by atoms with Crippen molar-refractivity contribution in [3.05, 3.63) is 56.2 Å². The summed E-state index contributed by atoms with van der Waals surface area (Å²) in [5, 5.41) is 3.47. The fraction of sp³-hybridized carbons (Fsp3) is 0.286. The first-order valence-electron chi connectivity index (χ1n) is 5.99. The lowest BCUT2D eigenvalue weighted by molar-refractivity contribution is 0.245. The van der Waals surface area contributed by atoms with Crippen molar-refractivity contribution in [2.75, 3.05) is 13.6 Å². The van der Waals surface area contributed by atoms with Gasteiger partial charge >= 0.3 is 0 Å². The van der Waals surface area contributed by atoms with Crippen molar-refractivity contribution >= 4 is 34.5 Å². The number of hydrogen-bond donors (Lipinski definition) is 1. The van der Waals surface area contributed by atoms with Crippen molar-refractivity contribution in [2.24, 2.45) is 5.73 Å². The van der Waals surface area contributed by atoms with Crippen molar-refractivity contribution in [1.29, 1.82) is 0 Å². The average molecular weight is 315 g/mol. The van der Waals surface area contributed by atoms with Gasteiger partial charge < -0.3 is 5.73 Å². The Bertz CT molecular complexity index is 542. The third-order valence-corrected chi connectivity index (χ3v) is 4.61. The molecule has 2 nitrogen and oxygen atoms in total. The maximum atomic E-state index is 6.00. The number of likely N-dealkylation sites (N-methyl/N-ethyl adjacent to an activating group) is 1. The van der Waals surface area contributed by atoms with E-state index in [4.69, 9.17) is 28.9 Å². The monoisotopic (exact) mass is 314 g/mol. The number of rotatable bonds is 5. The molecule has 2 N–H and O–H groups in total. The smallest absolute Gasteiger partial charge is 0.0565 e. The van der Waals surface area contributed by atoms with Gasteiger partial charge in [-0.15, -0.1) is 11.3 Å². The zero-order chi connectivity index (χ0) is 13.8. The summed E-state index contributed by atoms with van der Waals surface area (Å²) in [5.41, 5.74) is 7.07. The van der Waals surface area contributed by atoms with Gasteiger partial charge in [0.15, 0.2) is 0 Å². The van der Waals surface area contributed by atoms with Crippen molar-refractivity contribution in [2.45, 2.75) is 12.6 Å². The van der Waals surface area contributed by atoms with Gasteiger partial charge in [-0.1, -0.05) is 35.3 Å². The van der Waals surface area contributed by atoms with Crippen LogP contribution in [0.5, 0.6) is 0 Å². The second kappa shape index (κ2) is 6.73. The molecule has 2 aromatic rings. The third kappa shape index (κ3) is 3.94. The van der Waals surface area contributed by atoms with Gasteiger partial charge in [-0.25, -0.2) is 0 Å². The molecule has 5 heteroatoms. The maximum absolute atomic E-state index is 6.00. The minimum atomic E-state index is 0.177. The van der Waals surface area contributed by atoms with E-state index in [9.17, 15) is 0 Å². The quantitative estimate of drug-likeness (QED) is 0.896. The predicted octanol–water partition coefficient (Wildman–Crippen LogP) is 4.19. The molecule has 1 atom stereocenters. The van der Waals surface area contributed by atoms with Crippen LogP contribution in [0.1, 0.15) is 16.5 Å². The summed E-state index contributed by atoms with van der Waals surface area (Å²) in [7, 11) is 2.06. The molecule has 1 aromatic carbocycles. The minimum Gasteiger partial charge on any atom is -0.329 e. The third-order valence-electron chi connectivity index (χ3n) is 2.99. The lowest BCUT2D eigenvalue weighted by Crippen LogP contribution is -2.29. The largest absolute Gasteiger partial charge is 0.329 e. The highest BCUT2D eigenvalue weighted by atomic mass is 35.5. The van der Waals surface area contributed by atoms with Gasteiger partial charge in [0, 0.05) is 28.4 Å². The van der Waals surface area contributed by atoms with Crippen molar-refractivity contribution in [3.8, 4) is 0 Å². The molecule has 0 aliphatic rings. The van der Waals surface area contributed by atoms with Gasteiger partial charge in [0.05, 0.1) is 11.1 Å². The first-order valence-corrected chi connectivity index (χ1v) is 7.62. The molecule has 1 aromatic heterocycles. The van der Waals surface area contributed by atoms with Crippen LogP contribution in [0, 0.1) is 0 Å². The van der Waals surface area contributed by atoms with E-state index < -0.39 is 0 Å². The van der Waals surface area contributed by atoms with Crippen LogP contribution in [0.3, 0.4) is 0 Å². The standard InChI is InChI=1S/C14H16Cl2N2S/c1-18(8-10-3-2-4-11(15)5-10)13(7-17)14-6-12(16)9-19-14/h2-6,9,13H,7-8,17H2,1H3. The molecule has 2 rings (SSSR count). The van der Waals surface area contributed by atoms with Crippen molar-refractivity contribution < 1.29 is 0 Å². The number of thiophene rings is 1. The Kier molecular flexibility index (Phi) is 5.25. The van der Waals surface area contributed by atoms with Crippen LogP contribution in [-0.4, -0.2) is 18.5 Å². The van der Waals surface area contributed by atoms with Gasteiger partial charge in [0.2, 0.25) is 0 Å². The lowest BCUT2D eigenvalue weighted by atomic mass is 10.1. The Morgan fingerprint density at radius 1 is 1.26 bits per heavy atom. The molecule has 0 aliphatic carbocycles. The molecule has 0 fully saturated rings. The van der Waals surface area contributed by atoms with Crippen LogP contribution in [-0.2, 0) is 6.54 Å². The van der Waals surface area contributed by atoms with Gasteiger partial charge in [-0.05, 0) is 30.8 Å². The first kappa shape index (κ1) is 14.8. The maximum Gasteiger partial charge on any atom is 0.0565 e. The zero-order valence-corrected chi connectivity index (χ0v) is 13.0. The van der Waals surface area contributed by atoms with Gasteiger partial charge in [0.25, 0.3) is 0 Å². The summed E-state index contributed by atoms with van der Waals surface area (Å²) < 4.78 is 0. The van der Waals surface area contributed by atoms with E-state index in [1.807, 2.05) is 29.6 Å². The Labute approximate surface area is 127 Å². The minimum absolute atomic E-state index is 0.177. The van der Waals surface area contributed by atoms with Crippen LogP contribution >= 0.6 is 34.5 Å². The van der Waals surface area contributed by atoms with E-state index in [-0.39, 0.29) is 6.04 Å². The number of nitrogens with two attached hydrogens (primary N) is 1. The molecule has 102 valence electrons. The number of benzene rings is 1. The topological polar surface area (TPSA) is 29.3 Å². The van der Waals surface area contributed by atoms with E-state index in [0.29, 0.717) is 6.54 Å². The summed E-state index contributed by atoms with van der Waals surface area (Å²) >= 11 is 13.6. The summed E-state index contributed by atoms with van der Waals surface area (Å²) in [6.45, 7) is 1.37. The van der Waals surface area contributed by atoms with Crippen molar-refractivity contribution in [3.63, 3.8) is 0 Å². The summed E-state index contributed by atoms with van der Waals surface area (Å²) in [6.07, 6.45) is 0. The molecule has 0 spiro atoms. The molecule has 0 saturated carbocycles. The van der Waals surface area contributed by atoms with Gasteiger partial charge in [0.1, 0.15) is 0 Å². The molecule has 0 saturated heterocycles. The number of hydrogen-bond acceptors (Lipinski definition) is 3. The molecule has 19 heavy (non-hydrogen) atoms. The summed E-state index contributed by atoms with van der Waals surface area (Å²) in [6, 6.07) is 10.1. The molecule has 1 unspecified atom stereocenters. The molecule has 0 bridgehead atoms. The Morgan fingerprint density at radius 2 is 2.05 bits per heavy atom. The fourth-order valence-electron chi connectivity index (χ4n) is 2.05. The van der Waals surface area contributed by atoms with Gasteiger partial charge in [-0.3, -0.25) is 4.90 Å². The van der Waals surface area contributed by atoms with Crippen LogP contribution in [0.4, 0.5) is 0 Å².